The molecule has 11 heavy (non-hydrogen) atoms. The lowest BCUT2D eigenvalue weighted by Gasteiger charge is -2.12. The third-order valence-corrected chi connectivity index (χ3v) is 1.64. The summed E-state index contributed by atoms with van der Waals surface area (Å²) in [5.74, 6) is -0.674. The van der Waals surface area contributed by atoms with Crippen LogP contribution >= 0.6 is 15.9 Å². The number of esters is 1. The lowest BCUT2D eigenvalue weighted by molar-refractivity contribution is -0.143. The lowest BCUT2D eigenvalue weighted by Crippen LogP contribution is -2.26. The normalized spacial score (nSPS) is 10.9. The van der Waals surface area contributed by atoms with Crippen LogP contribution in [0.2, 0.25) is 0 Å². The number of hydrogen-bond donors (Lipinski definition) is 0. The molecule has 0 aliphatic heterocycles. The van der Waals surface area contributed by atoms with Gasteiger partial charge < -0.3 is 4.74 Å². The molecule has 0 fully saturated rings. The van der Waals surface area contributed by atoms with E-state index in [4.69, 9.17) is 0 Å². The third kappa shape index (κ3) is 4.14. The van der Waals surface area contributed by atoms with E-state index in [1.165, 1.54) is 7.11 Å². The predicted molar refractivity (Wildman–Crippen MR) is 44.6 cm³/mol. The minimum Gasteiger partial charge on any atom is -0.469 e. The first kappa shape index (κ1) is 10.6. The molecule has 0 spiro atoms. The highest BCUT2D eigenvalue weighted by molar-refractivity contribution is 9.10. The van der Waals surface area contributed by atoms with E-state index in [1.54, 1.807) is 13.8 Å². The minimum absolute atomic E-state index is 0.172. The van der Waals surface area contributed by atoms with Crippen molar-refractivity contribution < 1.29 is 14.3 Å². The standard InChI is InChI=1S/C7H11BrO3/c1-7(2,8)5(9)4-6(10)11-3/h4H2,1-3H3. The molecule has 64 valence electrons. The van der Waals surface area contributed by atoms with Crippen molar-refractivity contribution in [1.82, 2.24) is 0 Å². The van der Waals surface area contributed by atoms with E-state index < -0.39 is 10.3 Å². The van der Waals surface area contributed by atoms with Crippen LogP contribution in [-0.4, -0.2) is 23.2 Å². The zero-order valence-electron chi connectivity index (χ0n) is 6.81. The van der Waals surface area contributed by atoms with Gasteiger partial charge in [-0.05, 0) is 13.8 Å². The van der Waals surface area contributed by atoms with Gasteiger partial charge in [-0.25, -0.2) is 0 Å². The van der Waals surface area contributed by atoms with Crippen molar-refractivity contribution in [3.63, 3.8) is 0 Å². The van der Waals surface area contributed by atoms with Crippen molar-refractivity contribution in [3.8, 4) is 0 Å². The Balaban J connectivity index is 3.99. The molecule has 4 heteroatoms. The fourth-order valence-corrected chi connectivity index (χ4v) is 0.554. The Morgan fingerprint density at radius 2 is 1.91 bits per heavy atom. The number of alkyl halides is 1. The summed E-state index contributed by atoms with van der Waals surface area (Å²) in [5, 5.41) is 0. The second-order valence-electron chi connectivity index (χ2n) is 2.65. The first-order valence-corrected chi connectivity index (χ1v) is 3.96. The second kappa shape index (κ2) is 3.85. The lowest BCUT2D eigenvalue weighted by atomic mass is 10.1. The molecular formula is C7H11BrO3. The van der Waals surface area contributed by atoms with Crippen LogP contribution in [0.15, 0.2) is 0 Å². The van der Waals surface area contributed by atoms with Gasteiger partial charge in [0.25, 0.3) is 0 Å². The molecule has 0 aromatic rings. The van der Waals surface area contributed by atoms with Crippen LogP contribution in [0.5, 0.6) is 0 Å². The zero-order valence-corrected chi connectivity index (χ0v) is 8.40. The first-order chi connectivity index (χ1) is 4.88. The van der Waals surface area contributed by atoms with Crippen LogP contribution in [0.1, 0.15) is 20.3 Å². The topological polar surface area (TPSA) is 43.4 Å². The van der Waals surface area contributed by atoms with Crippen molar-refractivity contribution in [2.75, 3.05) is 7.11 Å². The Kier molecular flexibility index (Phi) is 3.72. The Morgan fingerprint density at radius 1 is 1.45 bits per heavy atom. The maximum atomic E-state index is 11.1. The largest absolute Gasteiger partial charge is 0.469 e. The molecule has 0 aromatic heterocycles. The van der Waals surface area contributed by atoms with Crippen LogP contribution in [0.3, 0.4) is 0 Å². The number of rotatable bonds is 3. The molecular weight excluding hydrogens is 212 g/mol. The highest BCUT2D eigenvalue weighted by Gasteiger charge is 2.25. The van der Waals surface area contributed by atoms with Crippen molar-refractivity contribution >= 4 is 27.7 Å². The Hall–Kier alpha value is -0.380. The van der Waals surface area contributed by atoms with E-state index >= 15 is 0 Å². The van der Waals surface area contributed by atoms with Gasteiger partial charge in [0, 0.05) is 0 Å². The maximum absolute atomic E-state index is 11.1. The minimum atomic E-state index is -0.638. The van der Waals surface area contributed by atoms with E-state index in [0.29, 0.717) is 0 Å². The molecule has 0 saturated carbocycles. The molecule has 0 atom stereocenters. The smallest absolute Gasteiger partial charge is 0.313 e. The van der Waals surface area contributed by atoms with Gasteiger partial charge in [-0.2, -0.15) is 0 Å². The van der Waals surface area contributed by atoms with Gasteiger partial charge >= 0.3 is 5.97 Å². The summed E-state index contributed by atoms with van der Waals surface area (Å²) in [4.78, 5) is 21.7. The van der Waals surface area contributed by atoms with E-state index in [0.717, 1.165) is 0 Å². The highest BCUT2D eigenvalue weighted by atomic mass is 79.9. The van der Waals surface area contributed by atoms with Crippen LogP contribution in [0.4, 0.5) is 0 Å². The fraction of sp³-hybridized carbons (Fsp3) is 0.714. The molecule has 0 aliphatic carbocycles. The van der Waals surface area contributed by atoms with Crippen molar-refractivity contribution in [2.45, 2.75) is 24.6 Å². The summed E-state index contributed by atoms with van der Waals surface area (Å²) in [7, 11) is 1.26. The summed E-state index contributed by atoms with van der Waals surface area (Å²) in [6.07, 6.45) is -0.172. The third-order valence-electron chi connectivity index (χ3n) is 1.20. The molecule has 0 bridgehead atoms. The molecule has 0 saturated heterocycles. The van der Waals surface area contributed by atoms with Gasteiger partial charge in [-0.1, -0.05) is 15.9 Å². The molecule has 0 radical (unpaired) electrons. The number of hydrogen-bond acceptors (Lipinski definition) is 3. The van der Waals surface area contributed by atoms with E-state index in [1.807, 2.05) is 0 Å². The molecule has 0 N–H and O–H groups in total. The van der Waals surface area contributed by atoms with Gasteiger partial charge in [0.1, 0.15) is 6.42 Å². The van der Waals surface area contributed by atoms with Crippen molar-refractivity contribution in [3.05, 3.63) is 0 Å². The van der Waals surface area contributed by atoms with Gasteiger partial charge in [0.05, 0.1) is 11.4 Å². The van der Waals surface area contributed by atoms with E-state index in [9.17, 15) is 9.59 Å². The van der Waals surface area contributed by atoms with Gasteiger partial charge in [-0.15, -0.1) is 0 Å². The monoisotopic (exact) mass is 222 g/mol. The molecule has 0 aliphatic rings. The summed E-state index contributed by atoms with van der Waals surface area (Å²) >= 11 is 3.14. The summed E-state index contributed by atoms with van der Waals surface area (Å²) in [6, 6.07) is 0. The Morgan fingerprint density at radius 3 is 2.18 bits per heavy atom. The second-order valence-corrected chi connectivity index (χ2v) is 4.63. The number of methoxy groups -OCH3 is 1. The number of halogens is 1. The SMILES string of the molecule is COC(=O)CC(=O)C(C)(C)Br. The first-order valence-electron chi connectivity index (χ1n) is 3.17. The van der Waals surface area contributed by atoms with E-state index in [2.05, 4.69) is 20.7 Å². The fourth-order valence-electron chi connectivity index (χ4n) is 0.413. The molecule has 3 nitrogen and oxygen atoms in total. The molecule has 0 unspecified atom stereocenters. The maximum Gasteiger partial charge on any atom is 0.313 e. The van der Waals surface area contributed by atoms with Crippen LogP contribution in [0.25, 0.3) is 0 Å². The number of carbonyl (C=O) groups is 2. The van der Waals surface area contributed by atoms with Crippen molar-refractivity contribution in [1.29, 1.82) is 0 Å². The number of carbonyl (C=O) groups excluding carboxylic acids is 2. The van der Waals surface area contributed by atoms with Gasteiger partial charge in [0.15, 0.2) is 5.78 Å². The van der Waals surface area contributed by atoms with Crippen LogP contribution in [0, 0.1) is 0 Å². The molecule has 0 heterocycles. The van der Waals surface area contributed by atoms with Gasteiger partial charge in [0.2, 0.25) is 0 Å². The number of ether oxygens (including phenoxy) is 1. The van der Waals surface area contributed by atoms with Crippen LogP contribution in [-0.2, 0) is 14.3 Å². The Bertz CT molecular complexity index is 169. The molecule has 0 aromatic carbocycles. The quantitative estimate of drug-likeness (QED) is 0.411. The number of ketones is 1. The van der Waals surface area contributed by atoms with Crippen LogP contribution < -0.4 is 0 Å². The summed E-state index contributed by atoms with van der Waals surface area (Å²) in [6.45, 7) is 3.39. The summed E-state index contributed by atoms with van der Waals surface area (Å²) in [5.41, 5.74) is 0. The van der Waals surface area contributed by atoms with Crippen molar-refractivity contribution in [2.24, 2.45) is 0 Å². The molecule has 0 amide bonds. The number of Topliss-reactive ketones (excluding diaryl/α,β-unsaturated/α-hetero) is 1. The van der Waals surface area contributed by atoms with Gasteiger partial charge in [-0.3, -0.25) is 9.59 Å². The summed E-state index contributed by atoms with van der Waals surface area (Å²) < 4.78 is 3.70. The average Bonchev–Trinajstić information content (AvgIpc) is 1.85. The van der Waals surface area contributed by atoms with E-state index in [-0.39, 0.29) is 12.2 Å². The molecule has 0 rings (SSSR count). The predicted octanol–water partition coefficient (Wildman–Crippen LogP) is 1.29. The highest BCUT2D eigenvalue weighted by Crippen LogP contribution is 2.18. The Labute approximate surface area is 74.2 Å². The zero-order chi connectivity index (χ0) is 9.07. The average molecular weight is 223 g/mol.